The molecule has 1 rings (SSSR count). The Labute approximate surface area is 103 Å². The van der Waals surface area contributed by atoms with Crippen LogP contribution in [0, 0.1) is 7.14 Å². The number of phenolic OH excluding ortho intramolecular Hbond substituents is 1. The van der Waals surface area contributed by atoms with Gasteiger partial charge < -0.3 is 10.4 Å². The second-order valence-corrected chi connectivity index (χ2v) is 4.77. The van der Waals surface area contributed by atoms with Crippen molar-refractivity contribution in [3.8, 4) is 5.75 Å². The van der Waals surface area contributed by atoms with E-state index in [1.807, 2.05) is 28.7 Å². The predicted molar refractivity (Wildman–Crippen MR) is 66.9 cm³/mol. The Morgan fingerprint density at radius 3 is 2.62 bits per heavy atom. The van der Waals surface area contributed by atoms with Crippen molar-refractivity contribution in [2.75, 3.05) is 7.05 Å². The molecule has 0 bridgehead atoms. The third kappa shape index (κ3) is 2.46. The number of carbonyl (C=O) groups is 1. The largest absolute Gasteiger partial charge is 0.506 e. The molecule has 1 aromatic carbocycles. The summed E-state index contributed by atoms with van der Waals surface area (Å²) in [5.74, 6) is -0.228. The number of amides is 1. The van der Waals surface area contributed by atoms with Gasteiger partial charge in [0.1, 0.15) is 5.75 Å². The van der Waals surface area contributed by atoms with Gasteiger partial charge in [-0.05, 0) is 57.3 Å². The van der Waals surface area contributed by atoms with Crippen LogP contribution in [0.25, 0.3) is 0 Å². The minimum absolute atomic E-state index is 0.0420. The lowest BCUT2D eigenvalue weighted by Crippen LogP contribution is -2.18. The van der Waals surface area contributed by atoms with Crippen molar-refractivity contribution in [3.05, 3.63) is 24.8 Å². The summed E-state index contributed by atoms with van der Waals surface area (Å²) < 4.78 is 1.61. The van der Waals surface area contributed by atoms with E-state index in [2.05, 4.69) is 27.9 Å². The number of benzene rings is 1. The smallest absolute Gasteiger partial charge is 0.254 e. The van der Waals surface area contributed by atoms with E-state index in [0.717, 1.165) is 3.57 Å². The van der Waals surface area contributed by atoms with Crippen molar-refractivity contribution in [2.45, 2.75) is 0 Å². The Hall–Kier alpha value is -0.0500. The molecule has 5 heteroatoms. The molecule has 3 nitrogen and oxygen atoms in total. The Morgan fingerprint density at radius 1 is 1.46 bits per heavy atom. The molecule has 0 aliphatic carbocycles. The van der Waals surface area contributed by atoms with E-state index < -0.39 is 0 Å². The minimum atomic E-state index is -0.270. The highest BCUT2D eigenvalue weighted by atomic mass is 127. The molecule has 0 heterocycles. The van der Waals surface area contributed by atoms with E-state index in [0.29, 0.717) is 9.13 Å². The number of hydrogen-bond donors (Lipinski definition) is 2. The molecule has 0 radical (unpaired) electrons. The number of phenols is 1. The average molecular weight is 403 g/mol. The van der Waals surface area contributed by atoms with Crippen molar-refractivity contribution in [1.29, 1.82) is 0 Å². The SMILES string of the molecule is CNC(=O)c1cc(I)cc(I)c1O. The Bertz CT molecular complexity index is 352. The molecule has 70 valence electrons. The van der Waals surface area contributed by atoms with Crippen LogP contribution in [0.15, 0.2) is 12.1 Å². The highest BCUT2D eigenvalue weighted by Crippen LogP contribution is 2.26. The molecule has 0 aliphatic rings. The lowest BCUT2D eigenvalue weighted by molar-refractivity contribution is 0.0960. The van der Waals surface area contributed by atoms with Crippen molar-refractivity contribution in [2.24, 2.45) is 0 Å². The first-order valence-corrected chi connectivity index (χ1v) is 5.62. The van der Waals surface area contributed by atoms with Gasteiger partial charge in [-0.2, -0.15) is 0 Å². The third-order valence-electron chi connectivity index (χ3n) is 1.50. The molecule has 0 aromatic heterocycles. The van der Waals surface area contributed by atoms with Crippen molar-refractivity contribution >= 4 is 51.1 Å². The highest BCUT2D eigenvalue weighted by molar-refractivity contribution is 14.1. The summed E-state index contributed by atoms with van der Waals surface area (Å²) >= 11 is 4.09. The maximum absolute atomic E-state index is 11.3. The quantitative estimate of drug-likeness (QED) is 0.705. The summed E-state index contributed by atoms with van der Waals surface area (Å²) in [7, 11) is 1.54. The molecular weight excluding hydrogens is 396 g/mol. The van der Waals surface area contributed by atoms with Gasteiger partial charge in [0.05, 0.1) is 9.13 Å². The first-order chi connectivity index (χ1) is 6.06. The standard InChI is InChI=1S/C8H7I2NO2/c1-11-8(13)5-2-4(9)3-6(10)7(5)12/h2-3,12H,1H3,(H,11,13). The maximum atomic E-state index is 11.3. The van der Waals surface area contributed by atoms with E-state index in [1.54, 1.807) is 6.07 Å². The van der Waals surface area contributed by atoms with Crippen molar-refractivity contribution in [3.63, 3.8) is 0 Å². The summed E-state index contributed by atoms with van der Waals surface area (Å²) in [5.41, 5.74) is 0.318. The average Bonchev–Trinajstić information content (AvgIpc) is 2.10. The Morgan fingerprint density at radius 2 is 2.08 bits per heavy atom. The summed E-state index contributed by atoms with van der Waals surface area (Å²) in [6.45, 7) is 0. The van der Waals surface area contributed by atoms with E-state index in [-0.39, 0.29) is 11.7 Å². The lowest BCUT2D eigenvalue weighted by Gasteiger charge is -2.05. The maximum Gasteiger partial charge on any atom is 0.254 e. The van der Waals surface area contributed by atoms with E-state index in [1.165, 1.54) is 7.05 Å². The Kier molecular flexibility index (Phi) is 3.77. The summed E-state index contributed by atoms with van der Waals surface area (Å²) in [6, 6.07) is 3.46. The zero-order valence-electron chi connectivity index (χ0n) is 6.77. The zero-order valence-corrected chi connectivity index (χ0v) is 11.1. The van der Waals surface area contributed by atoms with Crippen molar-refractivity contribution in [1.82, 2.24) is 5.32 Å². The number of aromatic hydroxyl groups is 1. The van der Waals surface area contributed by atoms with Crippen LogP contribution in [0.5, 0.6) is 5.75 Å². The van der Waals surface area contributed by atoms with Gasteiger partial charge >= 0.3 is 0 Å². The van der Waals surface area contributed by atoms with Crippen LogP contribution in [0.2, 0.25) is 0 Å². The predicted octanol–water partition coefficient (Wildman–Crippen LogP) is 1.96. The molecule has 13 heavy (non-hydrogen) atoms. The van der Waals surface area contributed by atoms with Gasteiger partial charge in [-0.3, -0.25) is 4.79 Å². The fourth-order valence-corrected chi connectivity index (χ4v) is 2.72. The van der Waals surface area contributed by atoms with Gasteiger partial charge in [0.25, 0.3) is 5.91 Å². The number of hydrogen-bond acceptors (Lipinski definition) is 2. The third-order valence-corrected chi connectivity index (χ3v) is 2.94. The minimum Gasteiger partial charge on any atom is -0.506 e. The van der Waals surface area contributed by atoms with Crippen LogP contribution in [-0.4, -0.2) is 18.1 Å². The molecule has 0 atom stereocenters. The monoisotopic (exact) mass is 403 g/mol. The van der Waals surface area contributed by atoms with Crippen LogP contribution >= 0.6 is 45.2 Å². The molecule has 0 saturated heterocycles. The first kappa shape index (κ1) is 11.0. The molecule has 2 N–H and O–H groups in total. The van der Waals surface area contributed by atoms with E-state index in [4.69, 9.17) is 0 Å². The number of nitrogens with one attached hydrogen (secondary N) is 1. The van der Waals surface area contributed by atoms with E-state index >= 15 is 0 Å². The van der Waals surface area contributed by atoms with Gasteiger partial charge in [-0.15, -0.1) is 0 Å². The molecule has 1 amide bonds. The topological polar surface area (TPSA) is 49.3 Å². The first-order valence-electron chi connectivity index (χ1n) is 3.46. The fourth-order valence-electron chi connectivity index (χ4n) is 0.874. The molecule has 0 aliphatic heterocycles. The molecule has 1 aromatic rings. The summed E-state index contributed by atoms with van der Waals surface area (Å²) in [5, 5.41) is 12.0. The van der Waals surface area contributed by atoms with Gasteiger partial charge in [0, 0.05) is 10.6 Å². The van der Waals surface area contributed by atoms with Crippen LogP contribution in [-0.2, 0) is 0 Å². The van der Waals surface area contributed by atoms with Gasteiger partial charge in [0.15, 0.2) is 0 Å². The molecule has 0 fully saturated rings. The van der Waals surface area contributed by atoms with Crippen LogP contribution in [0.4, 0.5) is 0 Å². The number of halogens is 2. The second-order valence-electron chi connectivity index (χ2n) is 2.36. The molecule has 0 saturated carbocycles. The normalized spacial score (nSPS) is 9.77. The summed E-state index contributed by atoms with van der Waals surface area (Å²) in [6.07, 6.45) is 0. The van der Waals surface area contributed by atoms with Crippen LogP contribution < -0.4 is 5.32 Å². The fraction of sp³-hybridized carbons (Fsp3) is 0.125. The van der Waals surface area contributed by atoms with Gasteiger partial charge in [0.2, 0.25) is 0 Å². The van der Waals surface area contributed by atoms with Crippen LogP contribution in [0.1, 0.15) is 10.4 Å². The van der Waals surface area contributed by atoms with Gasteiger partial charge in [-0.25, -0.2) is 0 Å². The summed E-state index contributed by atoms with van der Waals surface area (Å²) in [4.78, 5) is 11.3. The molecular formula is C8H7I2NO2. The lowest BCUT2D eigenvalue weighted by atomic mass is 10.2. The van der Waals surface area contributed by atoms with Crippen molar-refractivity contribution < 1.29 is 9.90 Å². The van der Waals surface area contributed by atoms with Crippen LogP contribution in [0.3, 0.4) is 0 Å². The highest BCUT2D eigenvalue weighted by Gasteiger charge is 2.12. The second kappa shape index (κ2) is 4.45. The van der Waals surface area contributed by atoms with Gasteiger partial charge in [-0.1, -0.05) is 0 Å². The zero-order chi connectivity index (χ0) is 10.0. The number of carbonyl (C=O) groups excluding carboxylic acids is 1. The number of rotatable bonds is 1. The molecule has 0 spiro atoms. The van der Waals surface area contributed by atoms with E-state index in [9.17, 15) is 9.90 Å². The Balaban J connectivity index is 3.28. The molecule has 0 unspecified atom stereocenters.